The van der Waals surface area contributed by atoms with Gasteiger partial charge in [-0.2, -0.15) is 0 Å². The van der Waals surface area contributed by atoms with Crippen LogP contribution in [0.4, 0.5) is 0 Å². The van der Waals surface area contributed by atoms with E-state index in [1.165, 1.54) is 43.4 Å². The van der Waals surface area contributed by atoms with Gasteiger partial charge < -0.3 is 5.32 Å². The van der Waals surface area contributed by atoms with Gasteiger partial charge in [0.15, 0.2) is 0 Å². The summed E-state index contributed by atoms with van der Waals surface area (Å²) in [5, 5.41) is 3.88. The molecule has 0 saturated heterocycles. The molecule has 3 atom stereocenters. The number of dihydropyridines is 1. The van der Waals surface area contributed by atoms with E-state index in [9.17, 15) is 0 Å². The van der Waals surface area contributed by atoms with Crippen molar-refractivity contribution in [2.24, 2.45) is 29.6 Å². The fourth-order valence-corrected chi connectivity index (χ4v) is 5.27. The highest BCUT2D eigenvalue weighted by Crippen LogP contribution is 2.44. The van der Waals surface area contributed by atoms with Crippen LogP contribution in [0.3, 0.4) is 0 Å². The molecule has 1 saturated carbocycles. The molecule has 26 heavy (non-hydrogen) atoms. The fourth-order valence-electron chi connectivity index (χ4n) is 5.27. The van der Waals surface area contributed by atoms with Crippen molar-refractivity contribution in [2.75, 3.05) is 0 Å². The highest BCUT2D eigenvalue weighted by Gasteiger charge is 2.40. The number of nitrogens with one attached hydrogen (secondary N) is 1. The second-order valence-corrected chi connectivity index (χ2v) is 9.81. The Morgan fingerprint density at radius 2 is 1.69 bits per heavy atom. The first-order valence-electron chi connectivity index (χ1n) is 10.7. The molecule has 0 radical (unpaired) electrons. The van der Waals surface area contributed by atoms with Crippen LogP contribution in [-0.2, 0) is 0 Å². The first-order valence-corrected chi connectivity index (χ1v) is 10.7. The van der Waals surface area contributed by atoms with Gasteiger partial charge in [0, 0.05) is 5.70 Å². The Morgan fingerprint density at radius 3 is 2.15 bits per heavy atom. The molecule has 1 fully saturated rings. The summed E-state index contributed by atoms with van der Waals surface area (Å²) in [5.41, 5.74) is 2.65. The zero-order valence-electron chi connectivity index (χ0n) is 18.0. The van der Waals surface area contributed by atoms with Crippen LogP contribution in [0, 0.1) is 29.6 Å². The van der Waals surface area contributed by atoms with Gasteiger partial charge in [-0.1, -0.05) is 64.7 Å². The summed E-state index contributed by atoms with van der Waals surface area (Å²) in [6, 6.07) is 0. The molecule has 0 bridgehead atoms. The Balaban J connectivity index is 2.16. The molecule has 1 heterocycles. The maximum Gasteiger partial charge on any atom is 0.0556 e. The Morgan fingerprint density at radius 1 is 1.12 bits per heavy atom. The minimum absolute atomic E-state index is 0.0838. The van der Waals surface area contributed by atoms with Crippen molar-refractivity contribution in [3.8, 4) is 0 Å². The van der Waals surface area contributed by atoms with E-state index in [1.54, 1.807) is 0 Å². The van der Waals surface area contributed by atoms with Gasteiger partial charge in [0.25, 0.3) is 0 Å². The minimum Gasteiger partial charge on any atom is -0.379 e. The van der Waals surface area contributed by atoms with Crippen LogP contribution in [0.15, 0.2) is 48.2 Å². The van der Waals surface area contributed by atoms with E-state index in [0.717, 1.165) is 29.6 Å². The number of hydrogen-bond acceptors (Lipinski definition) is 1. The van der Waals surface area contributed by atoms with E-state index in [0.29, 0.717) is 0 Å². The monoisotopic (exact) mass is 355 g/mol. The summed E-state index contributed by atoms with van der Waals surface area (Å²) in [7, 11) is 0. The van der Waals surface area contributed by atoms with Gasteiger partial charge in [0.1, 0.15) is 0 Å². The summed E-state index contributed by atoms with van der Waals surface area (Å²) in [6.45, 7) is 17.9. The molecule has 3 unspecified atom stereocenters. The molecule has 0 aromatic rings. The summed E-state index contributed by atoms with van der Waals surface area (Å²) in [4.78, 5) is 0. The molecular formula is C25H41N. The molecule has 2 rings (SSSR count). The van der Waals surface area contributed by atoms with Crippen molar-refractivity contribution in [1.82, 2.24) is 5.32 Å². The topological polar surface area (TPSA) is 12.0 Å². The van der Waals surface area contributed by atoms with E-state index < -0.39 is 0 Å². The molecule has 1 N–H and O–H groups in total. The average Bonchev–Trinajstić information content (AvgIpc) is 2.52. The molecule has 1 nitrogen and oxygen atoms in total. The smallest absolute Gasteiger partial charge is 0.0556 e. The van der Waals surface area contributed by atoms with Gasteiger partial charge in [-0.25, -0.2) is 0 Å². The Labute approximate surface area is 162 Å². The number of allylic oxidation sites excluding steroid dienone is 6. The number of hydrogen-bond donors (Lipinski definition) is 1. The van der Waals surface area contributed by atoms with Crippen LogP contribution < -0.4 is 5.32 Å². The first-order chi connectivity index (χ1) is 12.2. The van der Waals surface area contributed by atoms with Crippen LogP contribution >= 0.6 is 0 Å². The standard InChI is InChI=1S/C25H41N/c1-8-9-10-23-11-12-25(7,26-20(23)6)24-16-21(13-18(2)3)15-22(17-24)14-19(4)5/h8-12,18-19,21-22,24,26H,1,13-17H2,2-7H3/b10-9-. The summed E-state index contributed by atoms with van der Waals surface area (Å²) in [5.74, 6) is 4.10. The van der Waals surface area contributed by atoms with Crippen molar-refractivity contribution in [2.45, 2.75) is 79.2 Å². The third-order valence-corrected chi connectivity index (χ3v) is 6.27. The summed E-state index contributed by atoms with van der Waals surface area (Å²) >= 11 is 0. The lowest BCUT2D eigenvalue weighted by Gasteiger charge is -2.46. The molecule has 0 aromatic carbocycles. The van der Waals surface area contributed by atoms with Crippen molar-refractivity contribution >= 4 is 0 Å². The van der Waals surface area contributed by atoms with Crippen molar-refractivity contribution in [1.29, 1.82) is 0 Å². The van der Waals surface area contributed by atoms with E-state index in [4.69, 9.17) is 0 Å². The van der Waals surface area contributed by atoms with Crippen LogP contribution in [0.2, 0.25) is 0 Å². The van der Waals surface area contributed by atoms with Crippen LogP contribution in [0.5, 0.6) is 0 Å². The van der Waals surface area contributed by atoms with Gasteiger partial charge in [-0.3, -0.25) is 0 Å². The molecular weight excluding hydrogens is 314 g/mol. The molecule has 0 amide bonds. The van der Waals surface area contributed by atoms with Crippen LogP contribution in [0.25, 0.3) is 0 Å². The van der Waals surface area contributed by atoms with Crippen molar-refractivity contribution in [3.05, 3.63) is 48.2 Å². The van der Waals surface area contributed by atoms with E-state index >= 15 is 0 Å². The number of rotatable bonds is 7. The summed E-state index contributed by atoms with van der Waals surface area (Å²) < 4.78 is 0. The van der Waals surface area contributed by atoms with Crippen molar-refractivity contribution in [3.63, 3.8) is 0 Å². The van der Waals surface area contributed by atoms with Crippen molar-refractivity contribution < 1.29 is 0 Å². The predicted octanol–water partition coefficient (Wildman–Crippen LogP) is 7.05. The maximum absolute atomic E-state index is 3.88. The highest BCUT2D eigenvalue weighted by atomic mass is 15.0. The molecule has 2 aliphatic rings. The zero-order valence-corrected chi connectivity index (χ0v) is 18.0. The molecule has 0 aromatic heterocycles. The Kier molecular flexibility index (Phi) is 7.38. The Bertz CT molecular complexity index is 545. The maximum atomic E-state index is 3.88. The molecule has 1 aliphatic carbocycles. The first kappa shape index (κ1) is 21.1. The second-order valence-electron chi connectivity index (χ2n) is 9.81. The molecule has 1 aliphatic heterocycles. The molecule has 1 heteroatoms. The van der Waals surface area contributed by atoms with E-state index in [1.807, 2.05) is 12.2 Å². The van der Waals surface area contributed by atoms with Gasteiger partial charge in [-0.05, 0) is 81.1 Å². The lowest BCUT2D eigenvalue weighted by atomic mass is 9.64. The van der Waals surface area contributed by atoms with E-state index in [2.05, 4.69) is 71.7 Å². The largest absolute Gasteiger partial charge is 0.379 e. The third-order valence-electron chi connectivity index (χ3n) is 6.27. The lowest BCUT2D eigenvalue weighted by molar-refractivity contribution is 0.112. The normalized spacial score (nSPS) is 32.5. The van der Waals surface area contributed by atoms with E-state index in [-0.39, 0.29) is 5.54 Å². The average molecular weight is 356 g/mol. The second kappa shape index (κ2) is 9.11. The quantitative estimate of drug-likeness (QED) is 0.483. The van der Waals surface area contributed by atoms with Gasteiger partial charge in [0.05, 0.1) is 5.54 Å². The van der Waals surface area contributed by atoms with Gasteiger partial charge in [0.2, 0.25) is 0 Å². The highest BCUT2D eigenvalue weighted by molar-refractivity contribution is 5.41. The van der Waals surface area contributed by atoms with Crippen LogP contribution in [0.1, 0.15) is 73.6 Å². The lowest BCUT2D eigenvalue weighted by Crippen LogP contribution is -2.50. The SMILES string of the molecule is C=C/C=C\C1=C(C)NC(C)(C2CC(CC(C)C)CC(CC(C)C)C2)C=C1. The van der Waals surface area contributed by atoms with Gasteiger partial charge in [-0.15, -0.1) is 0 Å². The fraction of sp³-hybridized carbons (Fsp3) is 0.680. The zero-order chi connectivity index (χ0) is 19.3. The van der Waals surface area contributed by atoms with Crippen LogP contribution in [-0.4, -0.2) is 5.54 Å². The third kappa shape index (κ3) is 5.63. The Hall–Kier alpha value is -1.24. The predicted molar refractivity (Wildman–Crippen MR) is 116 cm³/mol. The molecule has 146 valence electrons. The van der Waals surface area contributed by atoms with Gasteiger partial charge >= 0.3 is 0 Å². The minimum atomic E-state index is 0.0838. The molecule has 0 spiro atoms. The summed E-state index contributed by atoms with van der Waals surface area (Å²) in [6.07, 6.45) is 17.7.